The molecule has 0 amide bonds. The zero-order valence-corrected chi connectivity index (χ0v) is 14.2. The average molecular weight is 343 g/mol. The highest BCUT2D eigenvalue weighted by Gasteiger charge is 2.16. The molecule has 6 nitrogen and oxygen atoms in total. The first-order chi connectivity index (χ1) is 11.4. The normalized spacial score (nSPS) is 11.6. The Kier molecular flexibility index (Phi) is 4.46. The predicted octanol–water partition coefficient (Wildman–Crippen LogP) is 2.83. The van der Waals surface area contributed by atoms with E-state index in [-0.39, 0.29) is 17.3 Å². The van der Waals surface area contributed by atoms with Crippen molar-refractivity contribution >= 4 is 10.0 Å². The van der Waals surface area contributed by atoms with E-state index in [0.29, 0.717) is 5.82 Å². The summed E-state index contributed by atoms with van der Waals surface area (Å²) in [6, 6.07) is 14.3. The van der Waals surface area contributed by atoms with Crippen LogP contribution < -0.4 is 4.72 Å². The molecule has 0 aliphatic heterocycles. The van der Waals surface area contributed by atoms with Crippen molar-refractivity contribution < 1.29 is 12.9 Å². The van der Waals surface area contributed by atoms with E-state index in [1.807, 2.05) is 38.1 Å². The Morgan fingerprint density at radius 3 is 2.50 bits per heavy atom. The number of sulfonamides is 1. The van der Waals surface area contributed by atoms with Gasteiger partial charge in [-0.05, 0) is 32.0 Å². The van der Waals surface area contributed by atoms with Crippen molar-refractivity contribution in [3.05, 3.63) is 65.5 Å². The fourth-order valence-corrected chi connectivity index (χ4v) is 3.16. The Morgan fingerprint density at radius 2 is 1.79 bits per heavy atom. The van der Waals surface area contributed by atoms with Crippen LogP contribution in [-0.2, 0) is 16.6 Å². The molecule has 7 heteroatoms. The Balaban J connectivity index is 1.72. The van der Waals surface area contributed by atoms with Crippen molar-refractivity contribution in [2.24, 2.45) is 0 Å². The number of nitrogens with one attached hydrogen (secondary N) is 1. The largest absolute Gasteiger partial charge is 0.338 e. The summed E-state index contributed by atoms with van der Waals surface area (Å²) in [4.78, 5) is 4.43. The van der Waals surface area contributed by atoms with Gasteiger partial charge in [0.2, 0.25) is 21.7 Å². The van der Waals surface area contributed by atoms with Crippen LogP contribution in [0, 0.1) is 13.8 Å². The molecule has 24 heavy (non-hydrogen) atoms. The molecule has 0 aliphatic carbocycles. The lowest BCUT2D eigenvalue weighted by atomic mass is 10.1. The maximum Gasteiger partial charge on any atom is 0.242 e. The second-order valence-corrected chi connectivity index (χ2v) is 7.29. The minimum Gasteiger partial charge on any atom is -0.338 e. The molecule has 1 N–H and O–H groups in total. The van der Waals surface area contributed by atoms with Crippen LogP contribution in [0.15, 0.2) is 57.9 Å². The first-order valence-corrected chi connectivity index (χ1v) is 8.88. The van der Waals surface area contributed by atoms with Gasteiger partial charge in [-0.1, -0.05) is 46.6 Å². The zero-order valence-electron chi connectivity index (χ0n) is 13.4. The van der Waals surface area contributed by atoms with Gasteiger partial charge in [-0.2, -0.15) is 4.98 Å². The molecular formula is C17H17N3O3S. The number of nitrogens with zero attached hydrogens (tertiary/aromatic N) is 2. The molecular weight excluding hydrogens is 326 g/mol. The Hall–Kier alpha value is -2.51. The van der Waals surface area contributed by atoms with Gasteiger partial charge >= 0.3 is 0 Å². The van der Waals surface area contributed by atoms with Crippen molar-refractivity contribution in [1.82, 2.24) is 14.9 Å². The fraction of sp³-hybridized carbons (Fsp3) is 0.176. The highest BCUT2D eigenvalue weighted by atomic mass is 32.2. The van der Waals surface area contributed by atoms with Crippen LogP contribution >= 0.6 is 0 Å². The van der Waals surface area contributed by atoms with Crippen LogP contribution in [0.1, 0.15) is 17.0 Å². The monoisotopic (exact) mass is 343 g/mol. The summed E-state index contributed by atoms with van der Waals surface area (Å²) >= 11 is 0. The van der Waals surface area contributed by atoms with Crippen LogP contribution in [0.3, 0.4) is 0 Å². The van der Waals surface area contributed by atoms with Gasteiger partial charge in [0.25, 0.3) is 0 Å². The summed E-state index contributed by atoms with van der Waals surface area (Å²) in [5.74, 6) is 0.644. The number of aryl methyl sites for hydroxylation is 2. The molecule has 3 aromatic rings. The molecule has 0 atom stereocenters. The van der Waals surface area contributed by atoms with Crippen LogP contribution in [0.5, 0.6) is 0 Å². The van der Waals surface area contributed by atoms with E-state index < -0.39 is 10.0 Å². The van der Waals surface area contributed by atoms with E-state index in [1.54, 1.807) is 24.3 Å². The molecule has 0 spiro atoms. The summed E-state index contributed by atoms with van der Waals surface area (Å²) < 4.78 is 32.1. The van der Waals surface area contributed by atoms with Crippen molar-refractivity contribution in [1.29, 1.82) is 0 Å². The first kappa shape index (κ1) is 16.4. The molecule has 1 aromatic heterocycles. The average Bonchev–Trinajstić information content (AvgIpc) is 3.03. The molecule has 0 unspecified atom stereocenters. The summed E-state index contributed by atoms with van der Waals surface area (Å²) in [5, 5.41) is 3.89. The molecule has 0 radical (unpaired) electrons. The van der Waals surface area contributed by atoms with Crippen molar-refractivity contribution in [2.75, 3.05) is 0 Å². The maximum absolute atomic E-state index is 12.2. The molecule has 0 saturated heterocycles. The van der Waals surface area contributed by atoms with Gasteiger partial charge in [0, 0.05) is 5.56 Å². The summed E-state index contributed by atoms with van der Waals surface area (Å²) in [7, 11) is -3.62. The minimum absolute atomic E-state index is 0.0605. The van der Waals surface area contributed by atoms with Gasteiger partial charge in [0.15, 0.2) is 0 Å². The van der Waals surface area contributed by atoms with Crippen LogP contribution in [-0.4, -0.2) is 18.6 Å². The van der Waals surface area contributed by atoms with Gasteiger partial charge in [-0.15, -0.1) is 0 Å². The van der Waals surface area contributed by atoms with Crippen molar-refractivity contribution in [3.63, 3.8) is 0 Å². The maximum atomic E-state index is 12.2. The van der Waals surface area contributed by atoms with E-state index in [4.69, 9.17) is 4.52 Å². The van der Waals surface area contributed by atoms with Crippen LogP contribution in [0.4, 0.5) is 0 Å². The van der Waals surface area contributed by atoms with E-state index in [1.165, 1.54) is 0 Å². The third-order valence-electron chi connectivity index (χ3n) is 3.49. The van der Waals surface area contributed by atoms with E-state index in [9.17, 15) is 8.42 Å². The van der Waals surface area contributed by atoms with Crippen LogP contribution in [0.2, 0.25) is 0 Å². The van der Waals surface area contributed by atoms with E-state index in [2.05, 4.69) is 14.9 Å². The smallest absolute Gasteiger partial charge is 0.242 e. The standard InChI is InChI=1S/C17H17N3O3S/c1-12-6-8-15(9-7-12)24(21,22)18-11-16-19-17(20-23-16)14-5-3-4-13(2)10-14/h3-10,18H,11H2,1-2H3. The number of hydrogen-bond donors (Lipinski definition) is 1. The second kappa shape index (κ2) is 6.54. The van der Waals surface area contributed by atoms with Crippen molar-refractivity contribution in [2.45, 2.75) is 25.3 Å². The highest BCUT2D eigenvalue weighted by molar-refractivity contribution is 7.89. The summed E-state index contributed by atoms with van der Waals surface area (Å²) in [5.41, 5.74) is 2.90. The SMILES string of the molecule is Cc1ccc(S(=O)(=O)NCc2nc(-c3cccc(C)c3)no2)cc1. The lowest BCUT2D eigenvalue weighted by Crippen LogP contribution is -2.23. The molecule has 0 saturated carbocycles. The second-order valence-electron chi connectivity index (χ2n) is 5.52. The lowest BCUT2D eigenvalue weighted by molar-refractivity contribution is 0.376. The third kappa shape index (κ3) is 3.69. The first-order valence-electron chi connectivity index (χ1n) is 7.40. The number of hydrogen-bond acceptors (Lipinski definition) is 5. The van der Waals surface area contributed by atoms with Gasteiger partial charge in [-0.25, -0.2) is 13.1 Å². The molecule has 0 bridgehead atoms. The van der Waals surface area contributed by atoms with Gasteiger partial charge in [0.05, 0.1) is 11.4 Å². The molecule has 0 aliphatic rings. The molecule has 3 rings (SSSR count). The zero-order chi connectivity index (χ0) is 17.2. The van der Waals surface area contributed by atoms with E-state index in [0.717, 1.165) is 16.7 Å². The van der Waals surface area contributed by atoms with Gasteiger partial charge in [-0.3, -0.25) is 0 Å². The Morgan fingerprint density at radius 1 is 1.04 bits per heavy atom. The number of benzene rings is 2. The number of aromatic nitrogens is 2. The van der Waals surface area contributed by atoms with Gasteiger partial charge < -0.3 is 4.52 Å². The number of rotatable bonds is 5. The summed E-state index contributed by atoms with van der Waals surface area (Å²) in [6.07, 6.45) is 0. The molecule has 0 fully saturated rings. The topological polar surface area (TPSA) is 85.1 Å². The molecule has 2 aromatic carbocycles. The van der Waals surface area contributed by atoms with E-state index >= 15 is 0 Å². The predicted molar refractivity (Wildman–Crippen MR) is 89.7 cm³/mol. The fourth-order valence-electron chi connectivity index (χ4n) is 2.19. The highest BCUT2D eigenvalue weighted by Crippen LogP contribution is 2.17. The quantitative estimate of drug-likeness (QED) is 0.770. The van der Waals surface area contributed by atoms with Crippen molar-refractivity contribution in [3.8, 4) is 11.4 Å². The minimum atomic E-state index is -3.62. The Bertz CT molecular complexity index is 947. The lowest BCUT2D eigenvalue weighted by Gasteiger charge is -2.04. The van der Waals surface area contributed by atoms with Crippen LogP contribution in [0.25, 0.3) is 11.4 Å². The van der Waals surface area contributed by atoms with Gasteiger partial charge in [0.1, 0.15) is 0 Å². The summed E-state index contributed by atoms with van der Waals surface area (Å²) in [6.45, 7) is 3.81. The molecule has 1 heterocycles. The Labute approximate surface area is 140 Å². The molecule has 124 valence electrons. The third-order valence-corrected chi connectivity index (χ3v) is 4.91.